The van der Waals surface area contributed by atoms with Crippen LogP contribution in [0.25, 0.3) is 0 Å². The highest BCUT2D eigenvalue weighted by molar-refractivity contribution is 5.70. The SMILES string of the molecule is c1ccc2c(c1)[C@H]1C[C@H]2[C@@]23c4ccccc4[C@]12[C@H]1CC[C@H]3C1. The molecule has 3 saturated carbocycles. The van der Waals surface area contributed by atoms with E-state index in [0.29, 0.717) is 10.8 Å². The summed E-state index contributed by atoms with van der Waals surface area (Å²) in [4.78, 5) is 0. The molecule has 2 aromatic carbocycles. The molecule has 4 bridgehead atoms. The van der Waals surface area contributed by atoms with Crippen molar-refractivity contribution in [1.29, 1.82) is 0 Å². The predicted molar refractivity (Wildman–Crippen MR) is 87.2 cm³/mol. The largest absolute Gasteiger partial charge is 0.0620 e. The van der Waals surface area contributed by atoms with Crippen molar-refractivity contribution in [2.75, 3.05) is 0 Å². The Hall–Kier alpha value is -1.56. The molecular formula is C22H20. The number of rotatable bonds is 0. The molecule has 0 nitrogen and oxygen atoms in total. The van der Waals surface area contributed by atoms with Crippen LogP contribution in [0, 0.1) is 11.8 Å². The number of fused-ring (bicyclic) bond motifs is 8. The lowest BCUT2D eigenvalue weighted by Gasteiger charge is -2.65. The molecule has 0 aliphatic heterocycles. The highest BCUT2D eigenvalue weighted by Gasteiger charge is 2.84. The van der Waals surface area contributed by atoms with Gasteiger partial charge in [0, 0.05) is 10.8 Å². The van der Waals surface area contributed by atoms with E-state index in [2.05, 4.69) is 48.5 Å². The maximum atomic E-state index is 2.48. The summed E-state index contributed by atoms with van der Waals surface area (Å²) in [6.45, 7) is 0. The molecule has 7 rings (SSSR count). The first-order valence-electron chi connectivity index (χ1n) is 9.09. The first-order valence-corrected chi connectivity index (χ1v) is 9.09. The van der Waals surface area contributed by atoms with Crippen LogP contribution >= 0.6 is 0 Å². The fourth-order valence-corrected chi connectivity index (χ4v) is 8.53. The van der Waals surface area contributed by atoms with Crippen molar-refractivity contribution in [1.82, 2.24) is 0 Å². The Morgan fingerprint density at radius 3 is 1.68 bits per heavy atom. The van der Waals surface area contributed by atoms with Crippen LogP contribution in [0.1, 0.15) is 59.8 Å². The van der Waals surface area contributed by atoms with E-state index in [-0.39, 0.29) is 0 Å². The molecule has 22 heavy (non-hydrogen) atoms. The zero-order chi connectivity index (χ0) is 14.1. The van der Waals surface area contributed by atoms with Crippen LogP contribution in [0.15, 0.2) is 48.5 Å². The Kier molecular flexibility index (Phi) is 1.54. The highest BCUT2D eigenvalue weighted by Crippen LogP contribution is 2.88. The quantitative estimate of drug-likeness (QED) is 0.646. The average Bonchev–Trinajstić information content (AvgIpc) is 3.27. The molecule has 0 heterocycles. The molecule has 0 amide bonds. The van der Waals surface area contributed by atoms with Crippen molar-refractivity contribution < 1.29 is 0 Å². The summed E-state index contributed by atoms with van der Waals surface area (Å²) in [5.41, 5.74) is 8.00. The smallest absolute Gasteiger partial charge is 0.0159 e. The maximum absolute atomic E-state index is 2.48. The minimum absolute atomic E-state index is 0.533. The molecule has 0 unspecified atom stereocenters. The van der Waals surface area contributed by atoms with Gasteiger partial charge in [-0.1, -0.05) is 48.5 Å². The van der Waals surface area contributed by atoms with Gasteiger partial charge in [0.2, 0.25) is 0 Å². The molecule has 0 saturated heterocycles. The van der Waals surface area contributed by atoms with Gasteiger partial charge in [-0.25, -0.2) is 0 Å². The molecule has 0 heteroatoms. The van der Waals surface area contributed by atoms with E-state index >= 15 is 0 Å². The molecule has 0 spiro atoms. The Morgan fingerprint density at radius 1 is 0.636 bits per heavy atom. The van der Waals surface area contributed by atoms with Crippen molar-refractivity contribution in [3.8, 4) is 0 Å². The van der Waals surface area contributed by atoms with Gasteiger partial charge in [-0.15, -0.1) is 0 Å². The van der Waals surface area contributed by atoms with E-state index < -0.39 is 0 Å². The van der Waals surface area contributed by atoms with Gasteiger partial charge in [-0.05, 0) is 71.6 Å². The molecule has 108 valence electrons. The summed E-state index contributed by atoms with van der Waals surface area (Å²) >= 11 is 0. The molecule has 2 aromatic rings. The zero-order valence-corrected chi connectivity index (χ0v) is 12.8. The number of benzene rings is 2. The van der Waals surface area contributed by atoms with Crippen LogP contribution in [0.4, 0.5) is 0 Å². The van der Waals surface area contributed by atoms with Crippen molar-refractivity contribution in [3.05, 3.63) is 70.8 Å². The fourth-order valence-electron chi connectivity index (χ4n) is 8.53. The lowest BCUT2D eigenvalue weighted by Crippen LogP contribution is -2.63. The second-order valence-electron chi connectivity index (χ2n) is 8.46. The Balaban J connectivity index is 1.64. The van der Waals surface area contributed by atoms with Crippen LogP contribution in [0.5, 0.6) is 0 Å². The lowest BCUT2D eigenvalue weighted by molar-refractivity contribution is 0.0775. The van der Waals surface area contributed by atoms with Crippen molar-refractivity contribution in [3.63, 3.8) is 0 Å². The topological polar surface area (TPSA) is 0 Å². The van der Waals surface area contributed by atoms with Crippen LogP contribution in [0.3, 0.4) is 0 Å². The van der Waals surface area contributed by atoms with Gasteiger partial charge in [0.05, 0.1) is 0 Å². The molecule has 6 atom stereocenters. The normalized spacial score (nSPS) is 47.6. The summed E-state index contributed by atoms with van der Waals surface area (Å²) < 4.78 is 0. The van der Waals surface area contributed by atoms with Crippen LogP contribution in [0.2, 0.25) is 0 Å². The van der Waals surface area contributed by atoms with Crippen LogP contribution < -0.4 is 0 Å². The van der Waals surface area contributed by atoms with Gasteiger partial charge in [-0.2, -0.15) is 0 Å². The summed E-state index contributed by atoms with van der Waals surface area (Å²) in [6.07, 6.45) is 5.93. The van der Waals surface area contributed by atoms with E-state index in [1.807, 2.05) is 0 Å². The van der Waals surface area contributed by atoms with Gasteiger partial charge in [0.15, 0.2) is 0 Å². The molecule has 3 fully saturated rings. The number of hydrogen-bond acceptors (Lipinski definition) is 0. The number of hydrogen-bond donors (Lipinski definition) is 0. The van der Waals surface area contributed by atoms with E-state index in [4.69, 9.17) is 0 Å². The molecule has 5 aliphatic rings. The predicted octanol–water partition coefficient (Wildman–Crippen LogP) is 4.89. The van der Waals surface area contributed by atoms with Gasteiger partial charge in [-0.3, -0.25) is 0 Å². The van der Waals surface area contributed by atoms with Gasteiger partial charge in [0.1, 0.15) is 0 Å². The monoisotopic (exact) mass is 284 g/mol. The molecule has 0 N–H and O–H groups in total. The third kappa shape index (κ3) is 0.751. The average molecular weight is 284 g/mol. The summed E-state index contributed by atoms with van der Waals surface area (Å²) in [7, 11) is 0. The highest BCUT2D eigenvalue weighted by atomic mass is 14.9. The van der Waals surface area contributed by atoms with Gasteiger partial charge >= 0.3 is 0 Å². The second kappa shape index (κ2) is 3.07. The van der Waals surface area contributed by atoms with Crippen LogP contribution in [-0.4, -0.2) is 0 Å². The van der Waals surface area contributed by atoms with Crippen molar-refractivity contribution in [2.24, 2.45) is 11.8 Å². The Morgan fingerprint density at radius 2 is 1.14 bits per heavy atom. The van der Waals surface area contributed by atoms with E-state index in [9.17, 15) is 0 Å². The minimum atomic E-state index is 0.533. The first-order chi connectivity index (χ1) is 10.9. The van der Waals surface area contributed by atoms with E-state index in [1.165, 1.54) is 25.7 Å². The van der Waals surface area contributed by atoms with Crippen molar-refractivity contribution >= 4 is 0 Å². The minimum Gasteiger partial charge on any atom is -0.0620 e. The standard InChI is InChI=1S/C22H20/c1-2-6-16-15(5-1)19-12-20(16)22-14-10-9-13(11-14)21(19,22)17-7-3-4-8-18(17)22/h1-8,13-14,19-20H,9-12H2/t13-,14-,19+,20+,21+,22+/m0/s1. The van der Waals surface area contributed by atoms with Gasteiger partial charge in [0.25, 0.3) is 0 Å². The fraction of sp³-hybridized carbons (Fsp3) is 0.455. The third-order valence-corrected chi connectivity index (χ3v) is 8.54. The summed E-state index contributed by atoms with van der Waals surface area (Å²) in [6, 6.07) is 19.0. The zero-order valence-electron chi connectivity index (χ0n) is 12.8. The third-order valence-electron chi connectivity index (χ3n) is 8.54. The summed E-state index contributed by atoms with van der Waals surface area (Å²) in [5.74, 6) is 3.57. The van der Waals surface area contributed by atoms with E-state index in [0.717, 1.165) is 23.7 Å². The first kappa shape index (κ1) is 11.0. The van der Waals surface area contributed by atoms with Crippen LogP contribution in [-0.2, 0) is 10.8 Å². The van der Waals surface area contributed by atoms with Crippen molar-refractivity contribution in [2.45, 2.75) is 48.3 Å². The lowest BCUT2D eigenvalue weighted by atomic mass is 9.37. The Bertz CT molecular complexity index is 781. The molecule has 0 radical (unpaired) electrons. The van der Waals surface area contributed by atoms with Gasteiger partial charge < -0.3 is 0 Å². The Labute approximate surface area is 131 Å². The molecular weight excluding hydrogens is 264 g/mol. The van der Waals surface area contributed by atoms with E-state index in [1.54, 1.807) is 22.3 Å². The molecule has 0 aromatic heterocycles. The second-order valence-corrected chi connectivity index (χ2v) is 8.46. The summed E-state index contributed by atoms with van der Waals surface area (Å²) in [5, 5.41) is 0. The molecule has 5 aliphatic carbocycles. The maximum Gasteiger partial charge on any atom is 0.0159 e.